The van der Waals surface area contributed by atoms with Gasteiger partial charge < -0.3 is 14.2 Å². The maximum absolute atomic E-state index is 11.3. The summed E-state index contributed by atoms with van der Waals surface area (Å²) in [5.74, 6) is 0.460. The van der Waals surface area contributed by atoms with Crippen molar-refractivity contribution in [3.63, 3.8) is 0 Å². The molecular formula is C14H17ClO4. The van der Waals surface area contributed by atoms with Crippen LogP contribution in [0, 0.1) is 0 Å². The molecule has 1 aromatic rings. The molecule has 1 aliphatic heterocycles. The number of carbonyl (C=O) groups excluding carboxylic acids is 1. The second kappa shape index (κ2) is 6.78. The third-order valence-corrected chi connectivity index (χ3v) is 3.04. The van der Waals surface area contributed by atoms with Gasteiger partial charge >= 0.3 is 5.97 Å². The van der Waals surface area contributed by atoms with Gasteiger partial charge in [0.1, 0.15) is 18.5 Å². The summed E-state index contributed by atoms with van der Waals surface area (Å²) in [4.78, 5) is 11.3. The fourth-order valence-corrected chi connectivity index (χ4v) is 1.90. The SMILES string of the molecule is CCOC(=O)CCc1ccc(OCC2CO2)c(Cl)c1. The van der Waals surface area contributed by atoms with Crippen LogP contribution in [0.2, 0.25) is 5.02 Å². The quantitative estimate of drug-likeness (QED) is 0.570. The Balaban J connectivity index is 1.84. The minimum Gasteiger partial charge on any atom is -0.489 e. The molecule has 104 valence electrons. The van der Waals surface area contributed by atoms with Crippen molar-refractivity contribution < 1.29 is 19.0 Å². The average molecular weight is 285 g/mol. The maximum atomic E-state index is 11.3. The summed E-state index contributed by atoms with van der Waals surface area (Å²) in [6, 6.07) is 5.56. The van der Waals surface area contributed by atoms with Crippen LogP contribution in [-0.4, -0.2) is 31.9 Å². The Labute approximate surface area is 117 Å². The predicted molar refractivity (Wildman–Crippen MR) is 71.6 cm³/mol. The third kappa shape index (κ3) is 4.73. The van der Waals surface area contributed by atoms with Gasteiger partial charge in [-0.15, -0.1) is 0 Å². The number of rotatable bonds is 7. The Hall–Kier alpha value is -1.26. The minimum absolute atomic E-state index is 0.190. The third-order valence-electron chi connectivity index (χ3n) is 2.75. The molecule has 0 spiro atoms. The van der Waals surface area contributed by atoms with E-state index in [9.17, 15) is 4.79 Å². The number of ether oxygens (including phenoxy) is 3. The molecule has 0 amide bonds. The Kier molecular flexibility index (Phi) is 5.05. The minimum atomic E-state index is -0.190. The lowest BCUT2D eigenvalue weighted by atomic mass is 10.1. The van der Waals surface area contributed by atoms with Crippen LogP contribution in [0.25, 0.3) is 0 Å². The van der Waals surface area contributed by atoms with Crippen LogP contribution in [0.15, 0.2) is 18.2 Å². The number of aryl methyl sites for hydroxylation is 1. The first-order valence-corrected chi connectivity index (χ1v) is 6.75. The fourth-order valence-electron chi connectivity index (χ4n) is 1.64. The number of halogens is 1. The lowest BCUT2D eigenvalue weighted by Crippen LogP contribution is -2.06. The van der Waals surface area contributed by atoms with Gasteiger partial charge in [0.2, 0.25) is 0 Å². The van der Waals surface area contributed by atoms with Gasteiger partial charge in [0.25, 0.3) is 0 Å². The van der Waals surface area contributed by atoms with E-state index in [2.05, 4.69) is 0 Å². The first kappa shape index (κ1) is 14.2. The van der Waals surface area contributed by atoms with Crippen molar-refractivity contribution >= 4 is 17.6 Å². The Morgan fingerprint density at radius 2 is 2.32 bits per heavy atom. The standard InChI is InChI=1S/C14H17ClO4/c1-2-17-14(16)6-4-10-3-5-13(12(15)7-10)19-9-11-8-18-11/h3,5,7,11H,2,4,6,8-9H2,1H3. The van der Waals surface area contributed by atoms with Crippen molar-refractivity contribution in [1.29, 1.82) is 0 Å². The number of carbonyl (C=O) groups is 1. The van der Waals surface area contributed by atoms with E-state index in [-0.39, 0.29) is 12.1 Å². The van der Waals surface area contributed by atoms with E-state index < -0.39 is 0 Å². The van der Waals surface area contributed by atoms with Gasteiger partial charge in [-0.3, -0.25) is 4.79 Å². The van der Waals surface area contributed by atoms with E-state index in [1.54, 1.807) is 6.92 Å². The van der Waals surface area contributed by atoms with Gasteiger partial charge in [-0.25, -0.2) is 0 Å². The average Bonchev–Trinajstić information content (AvgIpc) is 3.20. The molecule has 0 bridgehead atoms. The van der Waals surface area contributed by atoms with Crippen LogP contribution in [0.5, 0.6) is 5.75 Å². The zero-order valence-corrected chi connectivity index (χ0v) is 11.6. The van der Waals surface area contributed by atoms with E-state index in [4.69, 9.17) is 25.8 Å². The molecule has 1 saturated heterocycles. The smallest absolute Gasteiger partial charge is 0.306 e. The van der Waals surface area contributed by atoms with Crippen LogP contribution in [0.4, 0.5) is 0 Å². The molecule has 4 nitrogen and oxygen atoms in total. The fraction of sp³-hybridized carbons (Fsp3) is 0.500. The highest BCUT2D eigenvalue weighted by Crippen LogP contribution is 2.27. The normalized spacial score (nSPS) is 17.1. The van der Waals surface area contributed by atoms with Crippen LogP contribution >= 0.6 is 11.6 Å². The summed E-state index contributed by atoms with van der Waals surface area (Å²) in [6.07, 6.45) is 1.18. The molecule has 1 atom stereocenters. The highest BCUT2D eigenvalue weighted by atomic mass is 35.5. The predicted octanol–water partition coefficient (Wildman–Crippen LogP) is 2.61. The van der Waals surface area contributed by atoms with Crippen molar-refractivity contribution in [3.8, 4) is 5.75 Å². The molecule has 2 rings (SSSR count). The molecule has 19 heavy (non-hydrogen) atoms. The number of benzene rings is 1. The lowest BCUT2D eigenvalue weighted by molar-refractivity contribution is -0.143. The van der Waals surface area contributed by atoms with E-state index in [0.717, 1.165) is 12.2 Å². The van der Waals surface area contributed by atoms with Crippen LogP contribution < -0.4 is 4.74 Å². The Bertz CT molecular complexity index is 443. The molecule has 1 heterocycles. The highest BCUT2D eigenvalue weighted by molar-refractivity contribution is 6.32. The Morgan fingerprint density at radius 3 is 2.95 bits per heavy atom. The van der Waals surface area contributed by atoms with E-state index >= 15 is 0 Å². The number of epoxide rings is 1. The molecule has 0 aromatic heterocycles. The van der Waals surface area contributed by atoms with Crippen molar-refractivity contribution in [3.05, 3.63) is 28.8 Å². The summed E-state index contributed by atoms with van der Waals surface area (Å²) >= 11 is 6.13. The largest absolute Gasteiger partial charge is 0.489 e. The molecule has 1 aromatic carbocycles. The zero-order chi connectivity index (χ0) is 13.7. The summed E-state index contributed by atoms with van der Waals surface area (Å²) < 4.78 is 15.5. The highest BCUT2D eigenvalue weighted by Gasteiger charge is 2.23. The molecule has 0 N–H and O–H groups in total. The second-order valence-corrected chi connectivity index (χ2v) is 4.74. The van der Waals surface area contributed by atoms with Gasteiger partial charge in [0.15, 0.2) is 0 Å². The van der Waals surface area contributed by atoms with Crippen LogP contribution in [0.1, 0.15) is 18.9 Å². The van der Waals surface area contributed by atoms with Gasteiger partial charge in [-0.2, -0.15) is 0 Å². The summed E-state index contributed by atoms with van der Waals surface area (Å²) in [6.45, 7) is 3.50. The Morgan fingerprint density at radius 1 is 1.53 bits per heavy atom. The van der Waals surface area contributed by atoms with Crippen molar-refractivity contribution in [2.45, 2.75) is 25.9 Å². The molecule has 1 unspecified atom stereocenters. The van der Waals surface area contributed by atoms with Crippen molar-refractivity contribution in [2.24, 2.45) is 0 Å². The van der Waals surface area contributed by atoms with Gasteiger partial charge in [0, 0.05) is 6.42 Å². The molecular weight excluding hydrogens is 268 g/mol. The topological polar surface area (TPSA) is 48.1 Å². The lowest BCUT2D eigenvalue weighted by Gasteiger charge is -2.08. The van der Waals surface area contributed by atoms with E-state index in [1.807, 2.05) is 18.2 Å². The number of hydrogen-bond donors (Lipinski definition) is 0. The monoisotopic (exact) mass is 284 g/mol. The van der Waals surface area contributed by atoms with Gasteiger partial charge in [-0.05, 0) is 31.0 Å². The number of esters is 1. The molecule has 5 heteroatoms. The molecule has 1 aliphatic rings. The zero-order valence-electron chi connectivity index (χ0n) is 10.9. The first-order chi connectivity index (χ1) is 9.19. The second-order valence-electron chi connectivity index (χ2n) is 4.34. The summed E-state index contributed by atoms with van der Waals surface area (Å²) in [7, 11) is 0. The van der Waals surface area contributed by atoms with Gasteiger partial charge in [-0.1, -0.05) is 17.7 Å². The van der Waals surface area contributed by atoms with Crippen LogP contribution in [-0.2, 0) is 20.7 Å². The number of hydrogen-bond acceptors (Lipinski definition) is 4. The molecule has 0 aliphatic carbocycles. The first-order valence-electron chi connectivity index (χ1n) is 6.37. The molecule has 0 radical (unpaired) electrons. The summed E-state index contributed by atoms with van der Waals surface area (Å²) in [5, 5.41) is 0.557. The van der Waals surface area contributed by atoms with Gasteiger partial charge in [0.05, 0.1) is 18.2 Å². The van der Waals surface area contributed by atoms with Crippen molar-refractivity contribution in [1.82, 2.24) is 0 Å². The maximum Gasteiger partial charge on any atom is 0.306 e. The van der Waals surface area contributed by atoms with Crippen LogP contribution in [0.3, 0.4) is 0 Å². The van der Waals surface area contributed by atoms with Crippen molar-refractivity contribution in [2.75, 3.05) is 19.8 Å². The molecule has 1 fully saturated rings. The molecule has 0 saturated carbocycles. The van der Waals surface area contributed by atoms with E-state index in [1.165, 1.54) is 0 Å². The summed E-state index contributed by atoms with van der Waals surface area (Å²) in [5.41, 5.74) is 0.994. The van der Waals surface area contributed by atoms with E-state index in [0.29, 0.717) is 36.8 Å².